The van der Waals surface area contributed by atoms with Crippen LogP contribution >= 0.6 is 0 Å². The number of carbonyl (C=O) groups is 1. The Morgan fingerprint density at radius 1 is 1.20 bits per heavy atom. The van der Waals surface area contributed by atoms with Crippen molar-refractivity contribution in [3.05, 3.63) is 35.4 Å². The quantitative estimate of drug-likeness (QED) is 0.353. The topological polar surface area (TPSA) is 73.3 Å². The first-order valence-electron chi connectivity index (χ1n) is 13.0. The van der Waals surface area contributed by atoms with Crippen LogP contribution < -0.4 is 15.1 Å². The number of nitrogens with one attached hydrogen (secondary N) is 1. The van der Waals surface area contributed by atoms with Gasteiger partial charge in [0.2, 0.25) is 11.8 Å². The number of hydrazone groups is 1. The summed E-state index contributed by atoms with van der Waals surface area (Å²) in [7, 11) is 0. The highest BCUT2D eigenvalue weighted by Gasteiger charge is 2.18. The second kappa shape index (κ2) is 13.9. The monoisotopic (exact) mass is 482 g/mol. The van der Waals surface area contributed by atoms with Crippen LogP contribution in [-0.2, 0) is 4.79 Å². The molecule has 0 unspecified atom stereocenters. The van der Waals surface area contributed by atoms with Crippen molar-refractivity contribution in [1.29, 1.82) is 0 Å². The number of ether oxygens (including phenoxy) is 1. The number of aromatic nitrogens is 1. The molecule has 0 radical (unpaired) electrons. The number of amides is 1. The number of hydrogen-bond donors (Lipinski definition) is 1. The molecule has 35 heavy (non-hydrogen) atoms. The van der Waals surface area contributed by atoms with Gasteiger partial charge in [0.1, 0.15) is 6.61 Å². The summed E-state index contributed by atoms with van der Waals surface area (Å²) < 4.78 is 6.11. The molecule has 1 aromatic rings. The van der Waals surface area contributed by atoms with E-state index in [0.717, 1.165) is 77.2 Å². The Hall–Kier alpha value is -2.87. The van der Waals surface area contributed by atoms with Crippen LogP contribution in [0.4, 0.5) is 11.5 Å². The maximum absolute atomic E-state index is 11.5. The number of rotatable bonds is 12. The highest BCUT2D eigenvalue weighted by atomic mass is 16.5. The predicted molar refractivity (Wildman–Crippen MR) is 144 cm³/mol. The maximum Gasteiger partial charge on any atom is 0.219 e. The van der Waals surface area contributed by atoms with Gasteiger partial charge in [-0.3, -0.25) is 15.1 Å². The van der Waals surface area contributed by atoms with Gasteiger partial charge in [0, 0.05) is 70.6 Å². The molecule has 1 amide bonds. The van der Waals surface area contributed by atoms with Gasteiger partial charge in [0.15, 0.2) is 5.82 Å². The minimum atomic E-state index is 0.152. The van der Waals surface area contributed by atoms with Gasteiger partial charge in [-0.2, -0.15) is 10.1 Å². The lowest BCUT2D eigenvalue weighted by Gasteiger charge is -2.34. The third kappa shape index (κ3) is 8.69. The van der Waals surface area contributed by atoms with Gasteiger partial charge in [0.25, 0.3) is 0 Å². The molecule has 0 aromatic carbocycles. The van der Waals surface area contributed by atoms with Crippen molar-refractivity contribution >= 4 is 23.6 Å². The van der Waals surface area contributed by atoms with E-state index in [1.165, 1.54) is 11.1 Å². The zero-order chi connectivity index (χ0) is 25.0. The summed E-state index contributed by atoms with van der Waals surface area (Å²) in [4.78, 5) is 22.8. The SMILES string of the molecule is CCCN(CCC)c1cc(N/N=C/C2=CC(C)=CCC2)nc(OCCN2CCN(C(C)=O)CC2)c1. The summed E-state index contributed by atoms with van der Waals surface area (Å²) in [6.45, 7) is 14.8. The van der Waals surface area contributed by atoms with E-state index in [1.54, 1.807) is 6.92 Å². The number of piperazine rings is 1. The number of hydrogen-bond acceptors (Lipinski definition) is 7. The van der Waals surface area contributed by atoms with Crippen LogP contribution in [0.1, 0.15) is 53.4 Å². The number of carbonyl (C=O) groups excluding carboxylic acids is 1. The average Bonchev–Trinajstić information content (AvgIpc) is 2.84. The van der Waals surface area contributed by atoms with Gasteiger partial charge < -0.3 is 14.5 Å². The van der Waals surface area contributed by atoms with Gasteiger partial charge in [0.05, 0.1) is 6.21 Å². The highest BCUT2D eigenvalue weighted by Crippen LogP contribution is 2.25. The van der Waals surface area contributed by atoms with Crippen molar-refractivity contribution in [3.8, 4) is 5.88 Å². The Morgan fingerprint density at radius 3 is 2.60 bits per heavy atom. The van der Waals surface area contributed by atoms with E-state index in [4.69, 9.17) is 4.74 Å². The number of allylic oxidation sites excluding steroid dienone is 4. The second-order valence-corrected chi connectivity index (χ2v) is 9.31. The molecule has 1 fully saturated rings. The molecular formula is C27H42N6O2. The highest BCUT2D eigenvalue weighted by molar-refractivity contribution is 5.80. The maximum atomic E-state index is 11.5. The Morgan fingerprint density at radius 2 is 1.94 bits per heavy atom. The lowest BCUT2D eigenvalue weighted by atomic mass is 10.0. The van der Waals surface area contributed by atoms with Crippen molar-refractivity contribution in [2.45, 2.75) is 53.4 Å². The zero-order valence-corrected chi connectivity index (χ0v) is 21.9. The average molecular weight is 483 g/mol. The van der Waals surface area contributed by atoms with Crippen LogP contribution in [0.5, 0.6) is 5.88 Å². The fourth-order valence-corrected chi connectivity index (χ4v) is 4.45. The Labute approximate surface area is 210 Å². The summed E-state index contributed by atoms with van der Waals surface area (Å²) in [6.07, 6.45) is 10.5. The Kier molecular flexibility index (Phi) is 10.6. The standard InChI is InChI=1S/C27H42N6O2/c1-5-10-33(11-6-2)25-19-26(30-28-21-24-9-7-8-22(3)18-24)29-27(20-25)35-17-16-31-12-14-32(15-13-31)23(4)34/h8,18-21H,5-7,9-17H2,1-4H3,(H,29,30)/b28-21+. The van der Waals surface area contributed by atoms with E-state index in [-0.39, 0.29) is 5.91 Å². The first-order valence-corrected chi connectivity index (χ1v) is 13.0. The molecule has 1 N–H and O–H groups in total. The van der Waals surface area contributed by atoms with Crippen LogP contribution in [0, 0.1) is 0 Å². The van der Waals surface area contributed by atoms with Crippen LogP contribution in [-0.4, -0.2) is 79.3 Å². The molecular weight excluding hydrogens is 440 g/mol. The zero-order valence-electron chi connectivity index (χ0n) is 21.9. The Bertz CT molecular complexity index is 912. The molecule has 0 bridgehead atoms. The summed E-state index contributed by atoms with van der Waals surface area (Å²) in [5, 5.41) is 4.46. The van der Waals surface area contributed by atoms with Crippen molar-refractivity contribution < 1.29 is 9.53 Å². The smallest absolute Gasteiger partial charge is 0.219 e. The van der Waals surface area contributed by atoms with Gasteiger partial charge in [-0.05, 0) is 38.2 Å². The number of nitrogens with zero attached hydrogens (tertiary/aromatic N) is 5. The molecule has 1 aliphatic heterocycles. The Balaban J connectivity index is 1.65. The normalized spacial score (nSPS) is 16.7. The molecule has 3 rings (SSSR count). The largest absolute Gasteiger partial charge is 0.476 e. The van der Waals surface area contributed by atoms with Gasteiger partial charge in [-0.25, -0.2) is 0 Å². The van der Waals surface area contributed by atoms with Crippen molar-refractivity contribution in [2.24, 2.45) is 5.10 Å². The summed E-state index contributed by atoms with van der Waals surface area (Å²) >= 11 is 0. The summed E-state index contributed by atoms with van der Waals surface area (Å²) in [5.41, 5.74) is 6.72. The molecule has 0 atom stereocenters. The van der Waals surface area contributed by atoms with E-state index >= 15 is 0 Å². The fraction of sp³-hybridized carbons (Fsp3) is 0.593. The molecule has 8 heteroatoms. The molecule has 1 aliphatic carbocycles. The van der Waals surface area contributed by atoms with E-state index in [0.29, 0.717) is 18.3 Å². The van der Waals surface area contributed by atoms with Crippen molar-refractivity contribution in [1.82, 2.24) is 14.8 Å². The van der Waals surface area contributed by atoms with Crippen molar-refractivity contribution in [3.63, 3.8) is 0 Å². The molecule has 1 saturated heterocycles. The summed E-state index contributed by atoms with van der Waals surface area (Å²) in [5.74, 6) is 1.44. The lowest BCUT2D eigenvalue weighted by Crippen LogP contribution is -2.48. The first-order chi connectivity index (χ1) is 17.0. The molecule has 0 spiro atoms. The van der Waals surface area contributed by atoms with Crippen LogP contribution in [0.15, 0.2) is 40.5 Å². The fourth-order valence-electron chi connectivity index (χ4n) is 4.45. The molecule has 8 nitrogen and oxygen atoms in total. The molecule has 192 valence electrons. The van der Waals surface area contributed by atoms with E-state index in [1.807, 2.05) is 17.2 Å². The molecule has 2 aliphatic rings. The molecule has 0 saturated carbocycles. The van der Waals surface area contributed by atoms with Gasteiger partial charge in [-0.1, -0.05) is 31.6 Å². The van der Waals surface area contributed by atoms with Crippen LogP contribution in [0.2, 0.25) is 0 Å². The van der Waals surface area contributed by atoms with Crippen LogP contribution in [0.25, 0.3) is 0 Å². The lowest BCUT2D eigenvalue weighted by molar-refractivity contribution is -0.130. The number of anilines is 2. The van der Waals surface area contributed by atoms with E-state index < -0.39 is 0 Å². The third-order valence-electron chi connectivity index (χ3n) is 6.34. The van der Waals surface area contributed by atoms with E-state index in [9.17, 15) is 4.79 Å². The minimum Gasteiger partial charge on any atom is -0.476 e. The first kappa shape index (κ1) is 26.7. The molecule has 1 aromatic heterocycles. The second-order valence-electron chi connectivity index (χ2n) is 9.31. The van der Waals surface area contributed by atoms with Crippen molar-refractivity contribution in [2.75, 3.05) is 62.7 Å². The van der Waals surface area contributed by atoms with E-state index in [2.05, 4.69) is 64.3 Å². The minimum absolute atomic E-state index is 0.152. The predicted octanol–water partition coefficient (Wildman–Crippen LogP) is 4.32. The van der Waals surface area contributed by atoms with Crippen LogP contribution in [0.3, 0.4) is 0 Å². The number of pyridine rings is 1. The summed E-state index contributed by atoms with van der Waals surface area (Å²) in [6, 6.07) is 4.09. The van der Waals surface area contributed by atoms with Gasteiger partial charge >= 0.3 is 0 Å². The third-order valence-corrected chi connectivity index (χ3v) is 6.34. The van der Waals surface area contributed by atoms with Gasteiger partial charge in [-0.15, -0.1) is 0 Å². The molecule has 2 heterocycles.